The average Bonchev–Trinajstić information content (AvgIpc) is 2.91. The monoisotopic (exact) mass is 323 g/mol. The number of aryl methyl sites for hydroxylation is 2. The molecular formula is C15H16F3N5. The van der Waals surface area contributed by atoms with Crippen molar-refractivity contribution in [3.8, 4) is 6.07 Å². The van der Waals surface area contributed by atoms with Crippen LogP contribution in [-0.4, -0.2) is 28.1 Å². The minimum atomic E-state index is -4.53. The van der Waals surface area contributed by atoms with Crippen molar-refractivity contribution >= 4 is 5.82 Å². The lowest BCUT2D eigenvalue weighted by molar-refractivity contribution is -0.141. The van der Waals surface area contributed by atoms with Crippen LogP contribution in [0.4, 0.5) is 19.0 Å². The van der Waals surface area contributed by atoms with Gasteiger partial charge in [0.25, 0.3) is 0 Å². The van der Waals surface area contributed by atoms with Gasteiger partial charge in [-0.25, -0.2) is 9.97 Å². The normalized spacial score (nSPS) is 11.3. The number of anilines is 1. The highest BCUT2D eigenvalue weighted by molar-refractivity contribution is 5.54. The molecule has 0 atom stereocenters. The number of aromatic nitrogens is 3. The van der Waals surface area contributed by atoms with Crippen LogP contribution in [0.1, 0.15) is 23.5 Å². The molecule has 122 valence electrons. The zero-order valence-corrected chi connectivity index (χ0v) is 12.8. The Morgan fingerprint density at radius 1 is 1.35 bits per heavy atom. The Balaban J connectivity index is 2.10. The molecule has 0 spiro atoms. The van der Waals surface area contributed by atoms with Crippen LogP contribution in [0.5, 0.6) is 0 Å². The number of nitrogens with zero attached hydrogens (tertiary/aromatic N) is 5. The van der Waals surface area contributed by atoms with Gasteiger partial charge in [-0.1, -0.05) is 0 Å². The highest BCUT2D eigenvalue weighted by Gasteiger charge is 2.33. The Hall–Kier alpha value is -2.56. The first kappa shape index (κ1) is 16.8. The van der Waals surface area contributed by atoms with Gasteiger partial charge in [0.1, 0.15) is 23.4 Å². The third-order valence-electron chi connectivity index (χ3n) is 3.46. The lowest BCUT2D eigenvalue weighted by Crippen LogP contribution is -2.23. The van der Waals surface area contributed by atoms with Gasteiger partial charge in [0.05, 0.1) is 5.56 Å². The molecule has 0 aliphatic carbocycles. The van der Waals surface area contributed by atoms with E-state index >= 15 is 0 Å². The van der Waals surface area contributed by atoms with Gasteiger partial charge in [-0.3, -0.25) is 0 Å². The van der Waals surface area contributed by atoms with Crippen molar-refractivity contribution < 1.29 is 13.2 Å². The van der Waals surface area contributed by atoms with E-state index in [1.54, 1.807) is 18.1 Å². The molecule has 0 fully saturated rings. The quantitative estimate of drug-likeness (QED) is 0.849. The van der Waals surface area contributed by atoms with E-state index in [-0.39, 0.29) is 11.4 Å². The van der Waals surface area contributed by atoms with Crippen molar-refractivity contribution in [2.45, 2.75) is 26.1 Å². The van der Waals surface area contributed by atoms with Gasteiger partial charge in [-0.2, -0.15) is 18.4 Å². The molecule has 0 N–H and O–H groups in total. The fourth-order valence-corrected chi connectivity index (χ4v) is 2.21. The van der Waals surface area contributed by atoms with Crippen molar-refractivity contribution in [1.29, 1.82) is 5.26 Å². The Labute approximate surface area is 132 Å². The van der Waals surface area contributed by atoms with E-state index < -0.39 is 11.9 Å². The van der Waals surface area contributed by atoms with Crippen LogP contribution < -0.4 is 4.90 Å². The minimum absolute atomic E-state index is 0.0460. The van der Waals surface area contributed by atoms with E-state index in [1.807, 2.05) is 23.8 Å². The number of hydrogen-bond acceptors (Lipinski definition) is 4. The third kappa shape index (κ3) is 4.00. The molecular weight excluding hydrogens is 307 g/mol. The molecule has 2 aromatic rings. The fraction of sp³-hybridized carbons (Fsp3) is 0.400. The third-order valence-corrected chi connectivity index (χ3v) is 3.46. The highest BCUT2D eigenvalue weighted by atomic mass is 19.4. The summed E-state index contributed by atoms with van der Waals surface area (Å²) in [5.41, 5.74) is -0.872. The molecule has 2 rings (SSSR count). The van der Waals surface area contributed by atoms with E-state index in [4.69, 9.17) is 5.26 Å². The predicted octanol–water partition coefficient (Wildman–Crippen LogP) is 3.00. The van der Waals surface area contributed by atoms with Crippen LogP contribution >= 0.6 is 0 Å². The average molecular weight is 323 g/mol. The molecule has 8 heteroatoms. The first-order valence-electron chi connectivity index (χ1n) is 7.00. The number of alkyl halides is 3. The second-order valence-corrected chi connectivity index (χ2v) is 5.12. The number of hydrogen-bond donors (Lipinski definition) is 0. The number of imidazole rings is 1. The first-order chi connectivity index (χ1) is 10.8. The largest absolute Gasteiger partial charge is 0.433 e. The van der Waals surface area contributed by atoms with E-state index in [9.17, 15) is 13.2 Å². The maximum absolute atomic E-state index is 12.8. The molecule has 2 heterocycles. The van der Waals surface area contributed by atoms with E-state index in [2.05, 4.69) is 9.97 Å². The van der Waals surface area contributed by atoms with Crippen LogP contribution in [0, 0.1) is 18.3 Å². The van der Waals surface area contributed by atoms with Gasteiger partial charge in [-0.15, -0.1) is 0 Å². The standard InChI is InChI=1S/C15H16F3N5/c1-11-20-6-9-23(11)8-3-7-22(2)14-12(10-19)4-5-13(21-14)15(16,17)18/h4-6,9H,3,7-8H2,1-2H3. The first-order valence-corrected chi connectivity index (χ1v) is 7.00. The topological polar surface area (TPSA) is 57.7 Å². The second-order valence-electron chi connectivity index (χ2n) is 5.12. The van der Waals surface area contributed by atoms with Gasteiger partial charge < -0.3 is 9.47 Å². The molecule has 0 bridgehead atoms. The summed E-state index contributed by atoms with van der Waals surface area (Å²) < 4.78 is 40.3. The van der Waals surface area contributed by atoms with Crippen molar-refractivity contribution in [2.75, 3.05) is 18.5 Å². The molecule has 23 heavy (non-hydrogen) atoms. The van der Waals surface area contributed by atoms with Gasteiger partial charge in [0.15, 0.2) is 0 Å². The van der Waals surface area contributed by atoms with Crippen LogP contribution in [0.2, 0.25) is 0 Å². The summed E-state index contributed by atoms with van der Waals surface area (Å²) in [5.74, 6) is 0.923. The van der Waals surface area contributed by atoms with E-state index in [0.29, 0.717) is 19.5 Å². The molecule has 2 aromatic heterocycles. The molecule has 5 nitrogen and oxygen atoms in total. The number of halogens is 3. The zero-order chi connectivity index (χ0) is 17.0. The SMILES string of the molecule is Cc1nccn1CCCN(C)c1nc(C(F)(F)F)ccc1C#N. The Bertz CT molecular complexity index is 715. The van der Waals surface area contributed by atoms with Crippen molar-refractivity contribution in [3.63, 3.8) is 0 Å². The van der Waals surface area contributed by atoms with E-state index in [0.717, 1.165) is 18.0 Å². The van der Waals surface area contributed by atoms with E-state index in [1.165, 1.54) is 0 Å². The van der Waals surface area contributed by atoms with Gasteiger partial charge in [-0.05, 0) is 25.5 Å². The summed E-state index contributed by atoms with van der Waals surface area (Å²) in [6.45, 7) is 3.05. The molecule has 0 amide bonds. The van der Waals surface area contributed by atoms with Crippen molar-refractivity contribution in [3.05, 3.63) is 41.6 Å². The molecule has 0 saturated heterocycles. The predicted molar refractivity (Wildman–Crippen MR) is 78.8 cm³/mol. The maximum Gasteiger partial charge on any atom is 0.433 e. The summed E-state index contributed by atoms with van der Waals surface area (Å²) >= 11 is 0. The lowest BCUT2D eigenvalue weighted by atomic mass is 10.2. The van der Waals surface area contributed by atoms with Gasteiger partial charge >= 0.3 is 6.18 Å². The van der Waals surface area contributed by atoms with Crippen LogP contribution in [0.3, 0.4) is 0 Å². The second kappa shape index (κ2) is 6.69. The number of pyridine rings is 1. The Morgan fingerprint density at radius 2 is 2.09 bits per heavy atom. The summed E-state index contributed by atoms with van der Waals surface area (Å²) in [7, 11) is 1.63. The maximum atomic E-state index is 12.8. The van der Waals surface area contributed by atoms with Gasteiger partial charge in [0, 0.05) is 32.5 Å². The van der Waals surface area contributed by atoms with Crippen LogP contribution in [-0.2, 0) is 12.7 Å². The number of nitriles is 1. The smallest absolute Gasteiger partial charge is 0.359 e. The van der Waals surface area contributed by atoms with Crippen LogP contribution in [0.25, 0.3) is 0 Å². The summed E-state index contributed by atoms with van der Waals surface area (Å²) in [6, 6.07) is 3.86. The summed E-state index contributed by atoms with van der Waals surface area (Å²) in [6.07, 6.45) is -0.298. The molecule has 0 radical (unpaired) electrons. The lowest BCUT2D eigenvalue weighted by Gasteiger charge is -2.20. The highest BCUT2D eigenvalue weighted by Crippen LogP contribution is 2.30. The fourth-order valence-electron chi connectivity index (χ4n) is 2.21. The number of rotatable bonds is 5. The van der Waals surface area contributed by atoms with Crippen molar-refractivity contribution in [2.24, 2.45) is 0 Å². The van der Waals surface area contributed by atoms with Crippen molar-refractivity contribution in [1.82, 2.24) is 14.5 Å². The molecule has 0 unspecified atom stereocenters. The summed E-state index contributed by atoms with van der Waals surface area (Å²) in [4.78, 5) is 9.28. The zero-order valence-electron chi connectivity index (χ0n) is 12.8. The molecule has 0 aromatic carbocycles. The minimum Gasteiger partial charge on any atom is -0.359 e. The van der Waals surface area contributed by atoms with Crippen LogP contribution in [0.15, 0.2) is 24.5 Å². The molecule has 0 saturated carbocycles. The molecule has 0 aliphatic rings. The molecule has 0 aliphatic heterocycles. The Morgan fingerprint density at radius 3 is 2.65 bits per heavy atom. The van der Waals surface area contributed by atoms with Gasteiger partial charge in [0.2, 0.25) is 0 Å². The Kier molecular flexibility index (Phi) is 4.89. The summed E-state index contributed by atoms with van der Waals surface area (Å²) in [5, 5.41) is 9.06.